The Hall–Kier alpha value is -1.07. The monoisotopic (exact) mass is 371 g/mol. The quantitative estimate of drug-likeness (QED) is 0.774. The molecule has 2 aromatic carbocycles. The summed E-state index contributed by atoms with van der Waals surface area (Å²) in [4.78, 5) is 12.0. The smallest absolute Gasteiger partial charge is 0.255 e. The van der Waals surface area contributed by atoms with Crippen molar-refractivity contribution in [2.45, 2.75) is 6.92 Å². The molecule has 0 bridgehead atoms. The molecule has 0 heterocycles. The van der Waals surface area contributed by atoms with Crippen molar-refractivity contribution in [3.63, 3.8) is 0 Å². The lowest BCUT2D eigenvalue weighted by Gasteiger charge is -2.08. The molecule has 92 valence electrons. The second kappa shape index (κ2) is 5.71. The highest BCUT2D eigenvalue weighted by molar-refractivity contribution is 14.1. The number of nitrogens with one attached hydrogen (secondary N) is 1. The highest BCUT2D eigenvalue weighted by atomic mass is 127. The fourth-order valence-electron chi connectivity index (χ4n) is 1.54. The first kappa shape index (κ1) is 13.4. The van der Waals surface area contributed by atoms with E-state index in [1.807, 2.05) is 31.2 Å². The first-order valence-corrected chi connectivity index (χ1v) is 6.85. The van der Waals surface area contributed by atoms with E-state index in [1.54, 1.807) is 18.2 Å². The van der Waals surface area contributed by atoms with Crippen LogP contribution < -0.4 is 5.32 Å². The van der Waals surface area contributed by atoms with Crippen LogP contribution >= 0.6 is 34.2 Å². The molecule has 0 spiro atoms. The molecule has 2 rings (SSSR count). The standard InChI is InChI=1S/C14H11ClINO/c1-9-3-2-4-12(13(9)15)17-14(18)10-5-7-11(16)8-6-10/h2-8H,1H3,(H,17,18). The van der Waals surface area contributed by atoms with Crippen LogP contribution in [0.1, 0.15) is 15.9 Å². The van der Waals surface area contributed by atoms with Crippen LogP contribution in [0.15, 0.2) is 42.5 Å². The first-order valence-electron chi connectivity index (χ1n) is 5.40. The van der Waals surface area contributed by atoms with Crippen molar-refractivity contribution in [3.05, 3.63) is 62.2 Å². The van der Waals surface area contributed by atoms with Crippen LogP contribution in [0.4, 0.5) is 5.69 Å². The van der Waals surface area contributed by atoms with Crippen LogP contribution in [0.25, 0.3) is 0 Å². The van der Waals surface area contributed by atoms with Crippen molar-refractivity contribution in [1.29, 1.82) is 0 Å². The average Bonchev–Trinajstić information content (AvgIpc) is 2.36. The van der Waals surface area contributed by atoms with Crippen LogP contribution in [-0.2, 0) is 0 Å². The molecule has 1 amide bonds. The van der Waals surface area contributed by atoms with Crippen LogP contribution in [0.3, 0.4) is 0 Å². The molecule has 2 nitrogen and oxygen atoms in total. The van der Waals surface area contributed by atoms with Crippen molar-refractivity contribution in [1.82, 2.24) is 0 Å². The van der Waals surface area contributed by atoms with E-state index in [0.29, 0.717) is 16.3 Å². The molecule has 0 fully saturated rings. The van der Waals surface area contributed by atoms with Crippen LogP contribution in [0.5, 0.6) is 0 Å². The van der Waals surface area contributed by atoms with Crippen molar-refractivity contribution >= 4 is 45.8 Å². The van der Waals surface area contributed by atoms with E-state index in [-0.39, 0.29) is 5.91 Å². The third kappa shape index (κ3) is 3.03. The molecule has 0 unspecified atom stereocenters. The fraction of sp³-hybridized carbons (Fsp3) is 0.0714. The molecule has 0 aliphatic carbocycles. The van der Waals surface area contributed by atoms with E-state index >= 15 is 0 Å². The van der Waals surface area contributed by atoms with E-state index in [1.165, 1.54) is 0 Å². The third-order valence-electron chi connectivity index (χ3n) is 2.55. The Kier molecular flexibility index (Phi) is 4.24. The Morgan fingerprint density at radius 3 is 2.50 bits per heavy atom. The summed E-state index contributed by atoms with van der Waals surface area (Å²) < 4.78 is 1.10. The average molecular weight is 372 g/mol. The van der Waals surface area contributed by atoms with Gasteiger partial charge < -0.3 is 5.32 Å². The van der Waals surface area contributed by atoms with Gasteiger partial charge in [-0.25, -0.2) is 0 Å². The molecule has 0 saturated carbocycles. The van der Waals surface area contributed by atoms with Crippen molar-refractivity contribution in [2.24, 2.45) is 0 Å². The number of anilines is 1. The molecule has 0 aliphatic heterocycles. The number of aryl methyl sites for hydroxylation is 1. The molecular weight excluding hydrogens is 361 g/mol. The molecule has 0 atom stereocenters. The van der Waals surface area contributed by atoms with Gasteiger partial charge in [0.15, 0.2) is 0 Å². The maximum Gasteiger partial charge on any atom is 0.255 e. The number of benzene rings is 2. The topological polar surface area (TPSA) is 29.1 Å². The van der Waals surface area contributed by atoms with Gasteiger partial charge >= 0.3 is 0 Å². The van der Waals surface area contributed by atoms with Crippen LogP contribution in [0, 0.1) is 10.5 Å². The van der Waals surface area contributed by atoms with Crippen molar-refractivity contribution < 1.29 is 4.79 Å². The van der Waals surface area contributed by atoms with Gasteiger partial charge in [0.2, 0.25) is 0 Å². The zero-order chi connectivity index (χ0) is 13.1. The molecule has 1 N–H and O–H groups in total. The maximum atomic E-state index is 12.0. The van der Waals surface area contributed by atoms with Gasteiger partial charge in [-0.15, -0.1) is 0 Å². The Bertz CT molecular complexity index is 581. The summed E-state index contributed by atoms with van der Waals surface area (Å²) in [6.07, 6.45) is 0. The fourth-order valence-corrected chi connectivity index (χ4v) is 2.07. The van der Waals surface area contributed by atoms with E-state index in [4.69, 9.17) is 11.6 Å². The summed E-state index contributed by atoms with van der Waals surface area (Å²) in [5, 5.41) is 3.39. The van der Waals surface area contributed by atoms with Gasteiger partial charge in [-0.05, 0) is 65.4 Å². The van der Waals surface area contributed by atoms with Gasteiger partial charge in [0.1, 0.15) is 0 Å². The van der Waals surface area contributed by atoms with E-state index < -0.39 is 0 Å². The highest BCUT2D eigenvalue weighted by Crippen LogP contribution is 2.25. The summed E-state index contributed by atoms with van der Waals surface area (Å²) in [5.74, 6) is -0.154. The van der Waals surface area contributed by atoms with Gasteiger partial charge in [-0.3, -0.25) is 4.79 Å². The minimum absolute atomic E-state index is 0.154. The van der Waals surface area contributed by atoms with Crippen molar-refractivity contribution in [2.75, 3.05) is 5.32 Å². The molecule has 0 aliphatic rings. The number of rotatable bonds is 2. The van der Waals surface area contributed by atoms with Gasteiger partial charge in [-0.2, -0.15) is 0 Å². The SMILES string of the molecule is Cc1cccc(NC(=O)c2ccc(I)cc2)c1Cl. The van der Waals surface area contributed by atoms with E-state index in [2.05, 4.69) is 27.9 Å². The molecule has 0 radical (unpaired) electrons. The highest BCUT2D eigenvalue weighted by Gasteiger charge is 2.09. The second-order valence-electron chi connectivity index (χ2n) is 3.90. The number of hydrogen-bond donors (Lipinski definition) is 1. The molecule has 0 aromatic heterocycles. The molecular formula is C14H11ClINO. The summed E-state index contributed by atoms with van der Waals surface area (Å²) >= 11 is 8.33. The minimum atomic E-state index is -0.154. The predicted molar refractivity (Wildman–Crippen MR) is 83.3 cm³/mol. The third-order valence-corrected chi connectivity index (χ3v) is 3.77. The molecule has 0 saturated heterocycles. The van der Waals surface area contributed by atoms with Gasteiger partial charge in [-0.1, -0.05) is 23.7 Å². The summed E-state index contributed by atoms with van der Waals surface area (Å²) in [5.41, 5.74) is 2.20. The lowest BCUT2D eigenvalue weighted by molar-refractivity contribution is 0.102. The number of hydrogen-bond acceptors (Lipinski definition) is 1. The second-order valence-corrected chi connectivity index (χ2v) is 5.52. The lowest BCUT2D eigenvalue weighted by atomic mass is 10.2. The van der Waals surface area contributed by atoms with Gasteiger partial charge in [0.05, 0.1) is 10.7 Å². The number of halogens is 2. The van der Waals surface area contributed by atoms with Crippen LogP contribution in [0.2, 0.25) is 5.02 Å². The number of carbonyl (C=O) groups excluding carboxylic acids is 1. The lowest BCUT2D eigenvalue weighted by Crippen LogP contribution is -2.12. The zero-order valence-electron chi connectivity index (χ0n) is 9.71. The molecule has 18 heavy (non-hydrogen) atoms. The normalized spacial score (nSPS) is 10.2. The zero-order valence-corrected chi connectivity index (χ0v) is 12.6. The number of carbonyl (C=O) groups is 1. The predicted octanol–water partition coefficient (Wildman–Crippen LogP) is 4.51. The van der Waals surface area contributed by atoms with E-state index in [9.17, 15) is 4.79 Å². The summed E-state index contributed by atoms with van der Waals surface area (Å²) in [6, 6.07) is 12.9. The largest absolute Gasteiger partial charge is 0.321 e. The van der Waals surface area contributed by atoms with Crippen molar-refractivity contribution in [3.8, 4) is 0 Å². The van der Waals surface area contributed by atoms with E-state index in [0.717, 1.165) is 9.13 Å². The Morgan fingerprint density at radius 1 is 1.17 bits per heavy atom. The molecule has 4 heteroatoms. The van der Waals surface area contributed by atoms with Gasteiger partial charge in [0, 0.05) is 9.13 Å². The summed E-state index contributed by atoms with van der Waals surface area (Å²) in [7, 11) is 0. The Morgan fingerprint density at radius 2 is 1.83 bits per heavy atom. The first-order chi connectivity index (χ1) is 8.58. The van der Waals surface area contributed by atoms with Gasteiger partial charge in [0.25, 0.3) is 5.91 Å². The molecule has 2 aromatic rings. The Balaban J connectivity index is 2.21. The Labute approximate surface area is 124 Å². The number of amides is 1. The summed E-state index contributed by atoms with van der Waals surface area (Å²) in [6.45, 7) is 1.91. The maximum absolute atomic E-state index is 12.0. The van der Waals surface area contributed by atoms with Crippen LogP contribution in [-0.4, -0.2) is 5.91 Å². The minimum Gasteiger partial charge on any atom is -0.321 e.